The van der Waals surface area contributed by atoms with Gasteiger partial charge in [0.2, 0.25) is 0 Å². The third-order valence-corrected chi connectivity index (χ3v) is 3.93. The average molecular weight is 386 g/mol. The number of halogens is 2. The normalized spacial score (nSPS) is 10.3. The number of nitrogens with zero attached hydrogens (tertiary/aromatic N) is 2. The molecule has 0 aliphatic rings. The summed E-state index contributed by atoms with van der Waals surface area (Å²) in [5.41, 5.74) is 0.903. The lowest BCUT2D eigenvalue weighted by Crippen LogP contribution is -2.29. The summed E-state index contributed by atoms with van der Waals surface area (Å²) < 4.78 is 1.64. The highest BCUT2D eigenvalue weighted by atomic mass is 79.9. The minimum Gasteiger partial charge on any atom is -0.381 e. The zero-order chi connectivity index (χ0) is 16.1. The predicted molar refractivity (Wildman–Crippen MR) is 89.5 cm³/mol. The molecule has 0 bridgehead atoms. The number of aromatic nitrogens is 2. The Morgan fingerprint density at radius 1 is 1.32 bits per heavy atom. The molecule has 1 aromatic carbocycles. The minimum absolute atomic E-state index is 0.181. The molecule has 116 valence electrons. The van der Waals surface area contributed by atoms with Crippen LogP contribution >= 0.6 is 27.5 Å². The number of nitrogens with one attached hydrogen (secondary N) is 2. The lowest BCUT2D eigenvalue weighted by molar-refractivity contribution is 0.0955. The Morgan fingerprint density at radius 2 is 2.00 bits per heavy atom. The molecule has 0 aliphatic carbocycles. The van der Waals surface area contributed by atoms with Crippen molar-refractivity contribution in [3.8, 4) is 0 Å². The second-order valence-electron chi connectivity index (χ2n) is 4.49. The first-order valence-corrected chi connectivity index (χ1v) is 7.65. The van der Waals surface area contributed by atoms with E-state index in [1.807, 2.05) is 0 Å². The Kier molecular flexibility index (Phi) is 5.57. The van der Waals surface area contributed by atoms with Gasteiger partial charge in [-0.25, -0.2) is 4.68 Å². The summed E-state index contributed by atoms with van der Waals surface area (Å²) in [5, 5.41) is 10.3. The van der Waals surface area contributed by atoms with Gasteiger partial charge in [-0.15, -0.1) is 0 Å². The van der Waals surface area contributed by atoms with Crippen molar-refractivity contribution in [3.05, 3.63) is 55.9 Å². The zero-order valence-corrected chi connectivity index (χ0v) is 14.1. The fraction of sp³-hybridized carbons (Fsp3) is 0.214. The van der Waals surface area contributed by atoms with Crippen LogP contribution < -0.4 is 16.2 Å². The van der Waals surface area contributed by atoms with E-state index in [4.69, 9.17) is 11.6 Å². The Hall–Kier alpha value is -1.86. The van der Waals surface area contributed by atoms with Crippen molar-refractivity contribution in [3.63, 3.8) is 0 Å². The van der Waals surface area contributed by atoms with Crippen molar-refractivity contribution in [2.45, 2.75) is 0 Å². The number of carbonyl (C=O) groups excluding carboxylic acids is 1. The fourth-order valence-electron chi connectivity index (χ4n) is 1.71. The lowest BCUT2D eigenvalue weighted by Gasteiger charge is -2.09. The van der Waals surface area contributed by atoms with Crippen LogP contribution in [-0.4, -0.2) is 28.8 Å². The summed E-state index contributed by atoms with van der Waals surface area (Å²) in [7, 11) is 1.57. The fourth-order valence-corrected chi connectivity index (χ4v) is 2.34. The molecular formula is C14H14BrClN4O2. The molecule has 0 spiro atoms. The SMILES string of the molecule is Cn1ncc(NCCNC(=O)c2ccc(Cl)cc2)c(Br)c1=O. The summed E-state index contributed by atoms with van der Waals surface area (Å²) in [6.07, 6.45) is 1.55. The standard InChI is InChI=1S/C14H14BrClN4O2/c1-20-14(22)12(15)11(8-19-20)17-6-7-18-13(21)9-2-4-10(16)5-3-9/h2-5,8,17H,6-7H2,1H3,(H,18,21). The average Bonchev–Trinajstić information content (AvgIpc) is 2.51. The van der Waals surface area contributed by atoms with Gasteiger partial charge in [-0.3, -0.25) is 9.59 Å². The van der Waals surface area contributed by atoms with Crippen LogP contribution in [0.2, 0.25) is 5.02 Å². The van der Waals surface area contributed by atoms with E-state index < -0.39 is 0 Å². The molecule has 0 atom stereocenters. The number of rotatable bonds is 5. The summed E-state index contributed by atoms with van der Waals surface area (Å²) in [5.74, 6) is -0.181. The van der Waals surface area contributed by atoms with Crippen LogP contribution in [0.4, 0.5) is 5.69 Å². The van der Waals surface area contributed by atoms with Gasteiger partial charge in [0.25, 0.3) is 11.5 Å². The number of benzene rings is 1. The van der Waals surface area contributed by atoms with E-state index in [0.29, 0.717) is 33.8 Å². The van der Waals surface area contributed by atoms with Crippen LogP contribution in [0.5, 0.6) is 0 Å². The van der Waals surface area contributed by atoms with E-state index in [2.05, 4.69) is 31.7 Å². The summed E-state index contributed by atoms with van der Waals surface area (Å²) in [6, 6.07) is 6.65. The number of hydrogen-bond acceptors (Lipinski definition) is 4. The quantitative estimate of drug-likeness (QED) is 0.772. The molecular weight excluding hydrogens is 372 g/mol. The van der Waals surface area contributed by atoms with E-state index >= 15 is 0 Å². The van der Waals surface area contributed by atoms with Crippen LogP contribution in [-0.2, 0) is 7.05 Å². The van der Waals surface area contributed by atoms with E-state index in [0.717, 1.165) is 0 Å². The van der Waals surface area contributed by atoms with Crippen LogP contribution in [0.25, 0.3) is 0 Å². The maximum atomic E-state index is 11.9. The van der Waals surface area contributed by atoms with Gasteiger partial charge < -0.3 is 10.6 Å². The van der Waals surface area contributed by atoms with Gasteiger partial charge in [0, 0.05) is 30.7 Å². The zero-order valence-electron chi connectivity index (χ0n) is 11.8. The van der Waals surface area contributed by atoms with Crippen molar-refractivity contribution in [2.75, 3.05) is 18.4 Å². The van der Waals surface area contributed by atoms with E-state index in [1.54, 1.807) is 37.5 Å². The molecule has 1 heterocycles. The molecule has 6 nitrogen and oxygen atoms in total. The van der Waals surface area contributed by atoms with Crippen LogP contribution in [0, 0.1) is 0 Å². The Morgan fingerprint density at radius 3 is 2.68 bits per heavy atom. The molecule has 0 aliphatic heterocycles. The molecule has 0 radical (unpaired) electrons. The molecule has 22 heavy (non-hydrogen) atoms. The van der Waals surface area contributed by atoms with Crippen LogP contribution in [0.15, 0.2) is 39.7 Å². The first kappa shape index (κ1) is 16.5. The summed E-state index contributed by atoms with van der Waals surface area (Å²) >= 11 is 8.99. The molecule has 0 fully saturated rings. The van der Waals surface area contributed by atoms with Gasteiger partial charge in [-0.05, 0) is 40.2 Å². The van der Waals surface area contributed by atoms with E-state index in [1.165, 1.54) is 4.68 Å². The first-order valence-electron chi connectivity index (χ1n) is 6.48. The monoisotopic (exact) mass is 384 g/mol. The number of carbonyl (C=O) groups is 1. The van der Waals surface area contributed by atoms with Crippen LogP contribution in [0.3, 0.4) is 0 Å². The molecule has 2 rings (SSSR count). The first-order chi connectivity index (χ1) is 10.5. The largest absolute Gasteiger partial charge is 0.381 e. The van der Waals surface area contributed by atoms with Gasteiger partial charge in [0.05, 0.1) is 11.9 Å². The van der Waals surface area contributed by atoms with E-state index in [-0.39, 0.29) is 11.5 Å². The second-order valence-corrected chi connectivity index (χ2v) is 5.72. The number of aryl methyl sites for hydroxylation is 1. The minimum atomic E-state index is -0.227. The molecule has 0 saturated heterocycles. The summed E-state index contributed by atoms with van der Waals surface area (Å²) in [4.78, 5) is 23.6. The highest BCUT2D eigenvalue weighted by Crippen LogP contribution is 2.15. The molecule has 0 saturated carbocycles. The smallest absolute Gasteiger partial charge is 0.282 e. The van der Waals surface area contributed by atoms with Gasteiger partial charge in [0.15, 0.2) is 0 Å². The molecule has 1 amide bonds. The number of amides is 1. The maximum Gasteiger partial charge on any atom is 0.282 e. The lowest BCUT2D eigenvalue weighted by atomic mass is 10.2. The van der Waals surface area contributed by atoms with Crippen molar-refractivity contribution in [1.82, 2.24) is 15.1 Å². The Labute approximate surface area is 140 Å². The van der Waals surface area contributed by atoms with Crippen molar-refractivity contribution in [1.29, 1.82) is 0 Å². The van der Waals surface area contributed by atoms with Gasteiger partial charge in [-0.2, -0.15) is 5.10 Å². The second kappa shape index (κ2) is 7.42. The molecule has 1 aromatic heterocycles. The maximum absolute atomic E-state index is 11.9. The Bertz CT molecular complexity index is 731. The van der Waals surface area contributed by atoms with Crippen molar-refractivity contribution < 1.29 is 4.79 Å². The van der Waals surface area contributed by atoms with Crippen LogP contribution in [0.1, 0.15) is 10.4 Å². The predicted octanol–water partition coefficient (Wildman–Crippen LogP) is 2.04. The molecule has 2 aromatic rings. The van der Waals surface area contributed by atoms with Gasteiger partial charge in [0.1, 0.15) is 4.47 Å². The number of hydrogen-bond donors (Lipinski definition) is 2. The number of anilines is 1. The van der Waals surface area contributed by atoms with E-state index in [9.17, 15) is 9.59 Å². The highest BCUT2D eigenvalue weighted by molar-refractivity contribution is 9.10. The van der Waals surface area contributed by atoms with Gasteiger partial charge >= 0.3 is 0 Å². The molecule has 0 unspecified atom stereocenters. The topological polar surface area (TPSA) is 76.0 Å². The Balaban J connectivity index is 1.85. The van der Waals surface area contributed by atoms with Crippen molar-refractivity contribution in [2.24, 2.45) is 7.05 Å². The van der Waals surface area contributed by atoms with Crippen molar-refractivity contribution >= 4 is 39.1 Å². The highest BCUT2D eigenvalue weighted by Gasteiger charge is 2.07. The third kappa shape index (κ3) is 4.08. The summed E-state index contributed by atoms with van der Waals surface area (Å²) in [6.45, 7) is 0.871. The molecule has 2 N–H and O–H groups in total. The van der Waals surface area contributed by atoms with Gasteiger partial charge in [-0.1, -0.05) is 11.6 Å². The molecule has 8 heteroatoms. The third-order valence-electron chi connectivity index (χ3n) is 2.91.